The first-order valence-corrected chi connectivity index (χ1v) is 8.75. The van der Waals surface area contributed by atoms with Gasteiger partial charge in [0.2, 0.25) is 0 Å². The number of hydrogen-bond acceptors (Lipinski definition) is 5. The molecule has 1 aliphatic heterocycles. The van der Waals surface area contributed by atoms with Crippen LogP contribution in [0.15, 0.2) is 48.5 Å². The van der Waals surface area contributed by atoms with E-state index >= 15 is 0 Å². The Morgan fingerprint density at radius 2 is 1.56 bits per heavy atom. The van der Waals surface area contributed by atoms with E-state index in [1.807, 2.05) is 31.2 Å². The second kappa shape index (κ2) is 8.55. The molecular formula is C20H21NO6. The highest BCUT2D eigenvalue weighted by molar-refractivity contribution is 5.94. The van der Waals surface area contributed by atoms with Gasteiger partial charge in [0.1, 0.15) is 23.4 Å². The van der Waals surface area contributed by atoms with Crippen molar-refractivity contribution >= 4 is 17.6 Å². The predicted molar refractivity (Wildman–Crippen MR) is 98.3 cm³/mol. The Bertz CT molecular complexity index is 787. The van der Waals surface area contributed by atoms with Crippen LogP contribution in [0.25, 0.3) is 0 Å². The molecule has 2 N–H and O–H groups in total. The van der Waals surface area contributed by atoms with Crippen LogP contribution in [0.3, 0.4) is 0 Å². The topological polar surface area (TPSA) is 94.1 Å². The maximum atomic E-state index is 12.2. The smallest absolute Gasteiger partial charge is 0.332 e. The zero-order valence-corrected chi connectivity index (χ0v) is 14.9. The summed E-state index contributed by atoms with van der Waals surface area (Å²) in [4.78, 5) is 23.1. The molecule has 1 saturated heterocycles. The number of carboxylic acid groups (broad SMARTS) is 1. The molecule has 0 aliphatic carbocycles. The maximum Gasteiger partial charge on any atom is 0.332 e. The number of carboxylic acids is 1. The number of carbonyl (C=O) groups excluding carboxylic acids is 1. The van der Waals surface area contributed by atoms with Gasteiger partial charge < -0.3 is 24.6 Å². The van der Waals surface area contributed by atoms with Crippen LogP contribution in [-0.4, -0.2) is 35.8 Å². The van der Waals surface area contributed by atoms with Crippen molar-refractivity contribution in [2.24, 2.45) is 0 Å². The van der Waals surface area contributed by atoms with Gasteiger partial charge in [-0.05, 0) is 68.3 Å². The molecule has 2 aromatic carbocycles. The molecule has 7 nitrogen and oxygen atoms in total. The minimum atomic E-state index is -1.04. The maximum absolute atomic E-state index is 12.2. The van der Waals surface area contributed by atoms with Crippen molar-refractivity contribution in [1.29, 1.82) is 0 Å². The van der Waals surface area contributed by atoms with E-state index in [1.54, 1.807) is 24.3 Å². The molecule has 0 radical (unpaired) electrons. The summed E-state index contributed by atoms with van der Waals surface area (Å²) in [5.41, 5.74) is 0.585. The zero-order valence-electron chi connectivity index (χ0n) is 14.9. The molecule has 1 heterocycles. The standard InChI is InChI=1S/C20H21NO6/c1-2-25-14-7-9-16(10-8-14)26-15-5-3-13(4-6-15)21-19(22)17-11-12-18(27-17)20(23)24/h3-10,17-18H,2,11-12H2,1H3,(H,21,22)(H,23,24)/t17-,18+/m0/s1. The van der Waals surface area contributed by atoms with Gasteiger partial charge in [-0.15, -0.1) is 0 Å². The highest BCUT2D eigenvalue weighted by Gasteiger charge is 2.34. The lowest BCUT2D eigenvalue weighted by molar-refractivity contribution is -0.150. The monoisotopic (exact) mass is 371 g/mol. The molecule has 0 spiro atoms. The summed E-state index contributed by atoms with van der Waals surface area (Å²) in [5, 5.41) is 11.6. The lowest BCUT2D eigenvalue weighted by Gasteiger charge is -2.12. The van der Waals surface area contributed by atoms with Gasteiger partial charge in [0, 0.05) is 5.69 Å². The van der Waals surface area contributed by atoms with Crippen molar-refractivity contribution in [3.63, 3.8) is 0 Å². The second-order valence-electron chi connectivity index (χ2n) is 6.05. The molecule has 1 fully saturated rings. The van der Waals surface area contributed by atoms with Crippen LogP contribution in [0.4, 0.5) is 5.69 Å². The third kappa shape index (κ3) is 4.98. The number of rotatable bonds is 7. The van der Waals surface area contributed by atoms with E-state index in [9.17, 15) is 9.59 Å². The van der Waals surface area contributed by atoms with Crippen molar-refractivity contribution < 1.29 is 28.9 Å². The van der Waals surface area contributed by atoms with E-state index in [0.717, 1.165) is 5.75 Å². The third-order valence-corrected chi connectivity index (χ3v) is 4.08. The molecule has 7 heteroatoms. The fourth-order valence-corrected chi connectivity index (χ4v) is 2.75. The highest BCUT2D eigenvalue weighted by Crippen LogP contribution is 2.26. The number of carbonyl (C=O) groups is 2. The van der Waals surface area contributed by atoms with E-state index in [0.29, 0.717) is 36.6 Å². The molecule has 1 amide bonds. The van der Waals surface area contributed by atoms with Crippen LogP contribution in [0.2, 0.25) is 0 Å². The molecule has 27 heavy (non-hydrogen) atoms. The molecule has 0 bridgehead atoms. The second-order valence-corrected chi connectivity index (χ2v) is 6.05. The first kappa shape index (κ1) is 18.7. The predicted octanol–water partition coefficient (Wildman–Crippen LogP) is 3.45. The SMILES string of the molecule is CCOc1ccc(Oc2ccc(NC(=O)[C@@H]3CC[C@H](C(=O)O)O3)cc2)cc1. The first-order valence-electron chi connectivity index (χ1n) is 8.75. The number of anilines is 1. The molecule has 0 aromatic heterocycles. The Morgan fingerprint density at radius 1 is 1.00 bits per heavy atom. The molecule has 3 rings (SSSR count). The normalized spacial score (nSPS) is 18.7. The summed E-state index contributed by atoms with van der Waals surface area (Å²) in [7, 11) is 0. The van der Waals surface area contributed by atoms with E-state index in [4.69, 9.17) is 19.3 Å². The fourth-order valence-electron chi connectivity index (χ4n) is 2.75. The van der Waals surface area contributed by atoms with Crippen LogP contribution in [-0.2, 0) is 14.3 Å². The van der Waals surface area contributed by atoms with Gasteiger partial charge in [-0.1, -0.05) is 0 Å². The van der Waals surface area contributed by atoms with Crippen LogP contribution in [0, 0.1) is 0 Å². The van der Waals surface area contributed by atoms with Crippen LogP contribution < -0.4 is 14.8 Å². The average Bonchev–Trinajstić information content (AvgIpc) is 3.16. The molecule has 142 valence electrons. The number of nitrogens with one attached hydrogen (secondary N) is 1. The van der Waals surface area contributed by atoms with Gasteiger partial charge >= 0.3 is 5.97 Å². The third-order valence-electron chi connectivity index (χ3n) is 4.08. The van der Waals surface area contributed by atoms with Gasteiger partial charge in [0.05, 0.1) is 6.61 Å². The summed E-state index contributed by atoms with van der Waals surface area (Å²) in [6, 6.07) is 14.2. The van der Waals surface area contributed by atoms with Crippen LogP contribution in [0.5, 0.6) is 17.2 Å². The summed E-state index contributed by atoms with van der Waals surface area (Å²) in [5.74, 6) is 0.691. The molecule has 0 unspecified atom stereocenters. The Hall–Kier alpha value is -3.06. The van der Waals surface area contributed by atoms with Gasteiger partial charge in [0.25, 0.3) is 5.91 Å². The average molecular weight is 371 g/mol. The Morgan fingerprint density at radius 3 is 2.11 bits per heavy atom. The number of aliphatic carboxylic acids is 1. The van der Waals surface area contributed by atoms with Crippen molar-refractivity contribution in [3.8, 4) is 17.2 Å². The molecule has 2 aromatic rings. The Kier molecular flexibility index (Phi) is 5.93. The molecule has 2 atom stereocenters. The summed E-state index contributed by atoms with van der Waals surface area (Å²) in [6.07, 6.45) is -0.930. The Labute approximate surface area is 156 Å². The lowest BCUT2D eigenvalue weighted by Crippen LogP contribution is -2.29. The molecule has 0 saturated carbocycles. The number of ether oxygens (including phenoxy) is 3. The minimum absolute atomic E-state index is 0.336. The number of amides is 1. The largest absolute Gasteiger partial charge is 0.494 e. The highest BCUT2D eigenvalue weighted by atomic mass is 16.5. The molecular weight excluding hydrogens is 350 g/mol. The number of hydrogen-bond donors (Lipinski definition) is 2. The molecule has 1 aliphatic rings. The van der Waals surface area contributed by atoms with Gasteiger partial charge in [-0.25, -0.2) is 4.79 Å². The van der Waals surface area contributed by atoms with Crippen molar-refractivity contribution in [2.45, 2.75) is 32.0 Å². The summed E-state index contributed by atoms with van der Waals surface area (Å²) < 4.78 is 16.4. The lowest BCUT2D eigenvalue weighted by atomic mass is 10.2. The van der Waals surface area contributed by atoms with Gasteiger partial charge in [0.15, 0.2) is 6.10 Å². The van der Waals surface area contributed by atoms with E-state index < -0.39 is 18.2 Å². The number of benzene rings is 2. The van der Waals surface area contributed by atoms with Crippen LogP contribution >= 0.6 is 0 Å². The van der Waals surface area contributed by atoms with E-state index in [1.165, 1.54) is 0 Å². The fraction of sp³-hybridized carbons (Fsp3) is 0.300. The van der Waals surface area contributed by atoms with Gasteiger partial charge in [-0.3, -0.25) is 4.79 Å². The van der Waals surface area contributed by atoms with Crippen molar-refractivity contribution in [2.75, 3.05) is 11.9 Å². The van der Waals surface area contributed by atoms with Crippen molar-refractivity contribution in [1.82, 2.24) is 0 Å². The Balaban J connectivity index is 1.54. The van der Waals surface area contributed by atoms with E-state index in [2.05, 4.69) is 5.32 Å². The minimum Gasteiger partial charge on any atom is -0.494 e. The zero-order chi connectivity index (χ0) is 19.2. The summed E-state index contributed by atoms with van der Waals surface area (Å²) in [6.45, 7) is 2.53. The van der Waals surface area contributed by atoms with Crippen LogP contribution in [0.1, 0.15) is 19.8 Å². The first-order chi connectivity index (χ1) is 13.0. The quantitative estimate of drug-likeness (QED) is 0.774. The van der Waals surface area contributed by atoms with E-state index in [-0.39, 0.29) is 5.91 Å². The van der Waals surface area contributed by atoms with Crippen molar-refractivity contribution in [3.05, 3.63) is 48.5 Å². The summed E-state index contributed by atoms with van der Waals surface area (Å²) >= 11 is 0. The van der Waals surface area contributed by atoms with Gasteiger partial charge in [-0.2, -0.15) is 0 Å².